The summed E-state index contributed by atoms with van der Waals surface area (Å²) in [5.74, 6) is -0.406. The van der Waals surface area contributed by atoms with Crippen molar-refractivity contribution in [2.24, 2.45) is 0 Å². The van der Waals surface area contributed by atoms with Crippen molar-refractivity contribution in [3.05, 3.63) is 30.1 Å². The predicted molar refractivity (Wildman–Crippen MR) is 48.6 cm³/mol. The fourth-order valence-corrected chi connectivity index (χ4v) is 1.23. The first-order chi connectivity index (χ1) is 6.58. The van der Waals surface area contributed by atoms with Gasteiger partial charge >= 0.3 is 29.6 Å². The van der Waals surface area contributed by atoms with E-state index in [0.717, 1.165) is 5.69 Å². The predicted octanol–water partition coefficient (Wildman–Crippen LogP) is -5.45. The van der Waals surface area contributed by atoms with Gasteiger partial charge in [0.25, 0.3) is 5.69 Å². The van der Waals surface area contributed by atoms with Crippen molar-refractivity contribution in [1.29, 1.82) is 0 Å². The van der Waals surface area contributed by atoms with Gasteiger partial charge in [-0.25, -0.2) is 18.4 Å². The van der Waals surface area contributed by atoms with E-state index in [-0.39, 0.29) is 36.1 Å². The van der Waals surface area contributed by atoms with Gasteiger partial charge in [-0.15, -0.1) is 0 Å². The Bertz CT molecular complexity index is 405. The largest absolute Gasteiger partial charge is 1.00 e. The Kier molecular flexibility index (Phi) is 6.95. The van der Waals surface area contributed by atoms with Gasteiger partial charge in [0.15, 0.2) is 12.7 Å². The first-order valence-corrected chi connectivity index (χ1v) is 5.62. The van der Waals surface area contributed by atoms with Gasteiger partial charge < -0.3 is 4.55 Å². The van der Waals surface area contributed by atoms with Crippen LogP contribution in [0.2, 0.25) is 0 Å². The number of aromatic amines is 1. The Morgan fingerprint density at radius 1 is 1.47 bits per heavy atom. The number of hydrogen-bond donors (Lipinski definition) is 1. The summed E-state index contributed by atoms with van der Waals surface area (Å²) in [5, 5.41) is 0. The topological polar surface area (TPSA) is 85.3 Å². The van der Waals surface area contributed by atoms with Crippen LogP contribution in [0.1, 0.15) is 5.69 Å². The van der Waals surface area contributed by atoms with Gasteiger partial charge in [0.1, 0.15) is 10.1 Å². The van der Waals surface area contributed by atoms with E-state index in [4.69, 9.17) is 0 Å². The van der Waals surface area contributed by atoms with E-state index in [2.05, 4.69) is 9.98 Å². The fourth-order valence-electron chi connectivity index (χ4n) is 0.863. The van der Waals surface area contributed by atoms with Crippen LogP contribution in [0.25, 0.3) is 0 Å². The zero-order chi connectivity index (χ0) is 10.4. The normalized spacial score (nSPS) is 11.3. The Hall–Kier alpha value is -0.270. The number of H-pyrrole nitrogens is 1. The molecule has 76 valence electrons. The van der Waals surface area contributed by atoms with Crippen molar-refractivity contribution >= 4 is 16.3 Å². The molecule has 1 aromatic rings. The minimum atomic E-state index is -4.12. The standard InChI is InChI=1S/C8H10N2O3S.Na/c11-14(12,13)6-5-9-7-8-3-1-2-4-10-8;/h1-4,7H,5-6H2,(H,11,12,13);/q;+1/p+1. The molecule has 7 heteroatoms. The molecule has 2 N–H and O–H groups in total. The first-order valence-electron chi connectivity index (χ1n) is 4.05. The zero-order valence-corrected chi connectivity index (χ0v) is 11.3. The number of nitrogens with one attached hydrogen (secondary N) is 2. The average Bonchev–Trinajstić information content (AvgIpc) is 2.13. The van der Waals surface area contributed by atoms with Gasteiger partial charge in [0.05, 0.1) is 5.75 Å². The molecule has 0 amide bonds. The molecule has 1 heterocycles. The van der Waals surface area contributed by atoms with Crippen LogP contribution in [0.4, 0.5) is 0 Å². The van der Waals surface area contributed by atoms with E-state index in [1.165, 1.54) is 0 Å². The molecule has 0 bridgehead atoms. The Morgan fingerprint density at radius 2 is 2.20 bits per heavy atom. The summed E-state index contributed by atoms with van der Waals surface area (Å²) in [6, 6.07) is 5.49. The molecule has 15 heavy (non-hydrogen) atoms. The van der Waals surface area contributed by atoms with Gasteiger partial charge in [-0.05, 0) is 6.07 Å². The molecule has 0 fully saturated rings. The molecular formula is C8H11N2NaO3S+2. The third-order valence-corrected chi connectivity index (χ3v) is 2.19. The third-order valence-electron chi connectivity index (χ3n) is 1.49. The van der Waals surface area contributed by atoms with Crippen LogP contribution in [0.3, 0.4) is 0 Å². The van der Waals surface area contributed by atoms with E-state index >= 15 is 0 Å². The van der Waals surface area contributed by atoms with Crippen LogP contribution in [0.5, 0.6) is 0 Å². The summed E-state index contributed by atoms with van der Waals surface area (Å²) in [6.07, 6.45) is 3.36. The molecule has 0 saturated carbocycles. The second-order valence-corrected chi connectivity index (χ2v) is 4.20. The molecule has 0 atom stereocenters. The number of hydrogen-bond acceptors (Lipinski definition) is 3. The summed E-state index contributed by atoms with van der Waals surface area (Å²) in [7, 11) is -4.12. The zero-order valence-electron chi connectivity index (χ0n) is 8.43. The van der Waals surface area contributed by atoms with Crippen LogP contribution < -0.4 is 39.5 Å². The summed E-state index contributed by atoms with van der Waals surface area (Å²) in [4.78, 5) is 5.64. The van der Waals surface area contributed by atoms with Crippen LogP contribution in [-0.2, 0) is 10.1 Å². The fraction of sp³-hybridized carbons (Fsp3) is 0.250. The molecule has 0 aromatic carbocycles. The van der Waals surface area contributed by atoms with E-state index in [1.807, 2.05) is 18.2 Å². The van der Waals surface area contributed by atoms with E-state index in [0.29, 0.717) is 0 Å². The summed E-state index contributed by atoms with van der Waals surface area (Å²) >= 11 is 0. The first kappa shape index (κ1) is 14.7. The van der Waals surface area contributed by atoms with Crippen molar-refractivity contribution < 1.29 is 52.5 Å². The van der Waals surface area contributed by atoms with Crippen LogP contribution in [0, 0.1) is 0 Å². The molecule has 0 spiro atoms. The third kappa shape index (κ3) is 7.64. The van der Waals surface area contributed by atoms with Crippen LogP contribution >= 0.6 is 0 Å². The van der Waals surface area contributed by atoms with Gasteiger partial charge in [-0.3, -0.25) is 0 Å². The molecule has 1 rings (SSSR count). The van der Waals surface area contributed by atoms with Crippen molar-refractivity contribution in [1.82, 2.24) is 0 Å². The Morgan fingerprint density at radius 3 is 2.73 bits per heavy atom. The minimum Gasteiger partial charge on any atom is -0.748 e. The van der Waals surface area contributed by atoms with Gasteiger partial charge in [-0.2, -0.15) is 0 Å². The van der Waals surface area contributed by atoms with E-state index in [9.17, 15) is 13.0 Å². The SMILES string of the molecule is O=S(=O)([O-])CC[NH+]=Cc1cccc[nH+]1.[Na+]. The van der Waals surface area contributed by atoms with E-state index in [1.54, 1.807) is 12.4 Å². The smallest absolute Gasteiger partial charge is 0.748 e. The minimum absolute atomic E-state index is 0. The second-order valence-electron chi connectivity index (χ2n) is 2.68. The van der Waals surface area contributed by atoms with Crippen molar-refractivity contribution in [3.8, 4) is 0 Å². The monoisotopic (exact) mass is 238 g/mol. The summed E-state index contributed by atoms with van der Waals surface area (Å²) in [5.41, 5.74) is 0.816. The average molecular weight is 238 g/mol. The van der Waals surface area contributed by atoms with Crippen molar-refractivity contribution in [3.63, 3.8) is 0 Å². The van der Waals surface area contributed by atoms with Gasteiger partial charge in [-0.1, -0.05) is 0 Å². The maximum Gasteiger partial charge on any atom is 1.00 e. The molecule has 0 radical (unpaired) electrons. The van der Waals surface area contributed by atoms with Crippen LogP contribution in [0.15, 0.2) is 24.4 Å². The van der Waals surface area contributed by atoms with Gasteiger partial charge in [0, 0.05) is 12.1 Å². The van der Waals surface area contributed by atoms with Crippen molar-refractivity contribution in [2.75, 3.05) is 12.3 Å². The molecule has 1 aromatic heterocycles. The van der Waals surface area contributed by atoms with Crippen LogP contribution in [-0.4, -0.2) is 31.5 Å². The molecule has 0 saturated heterocycles. The quantitative estimate of drug-likeness (QED) is 0.323. The molecule has 0 aliphatic heterocycles. The molecule has 0 unspecified atom stereocenters. The van der Waals surface area contributed by atoms with E-state index < -0.39 is 15.9 Å². The number of aromatic nitrogens is 1. The number of rotatable bonds is 4. The molecular weight excluding hydrogens is 227 g/mol. The molecule has 0 aliphatic rings. The number of pyridine rings is 1. The maximum absolute atomic E-state index is 10.2. The Balaban J connectivity index is 0.00000196. The van der Waals surface area contributed by atoms with Crippen molar-refractivity contribution in [2.45, 2.75) is 0 Å². The second kappa shape index (κ2) is 7.08. The molecule has 0 aliphatic carbocycles. The summed E-state index contributed by atoms with van der Waals surface area (Å²) < 4.78 is 30.7. The maximum atomic E-state index is 10.2. The summed E-state index contributed by atoms with van der Waals surface area (Å²) in [6.45, 7) is 0.120. The Labute approximate surface area is 111 Å². The van der Waals surface area contributed by atoms with Gasteiger partial charge in [0.2, 0.25) is 6.21 Å². The molecule has 5 nitrogen and oxygen atoms in total.